The van der Waals surface area contributed by atoms with Crippen LogP contribution in [0.3, 0.4) is 0 Å². The smallest absolute Gasteiger partial charge is 0.258 e. The molecule has 1 amide bonds. The Balaban J connectivity index is 2.24. The molecule has 2 N–H and O–H groups in total. The zero-order chi connectivity index (χ0) is 12.9. The number of hydrogen-bond acceptors (Lipinski definition) is 3. The second kappa shape index (κ2) is 4.00. The molecule has 3 rings (SSSR count). The third-order valence-electron chi connectivity index (χ3n) is 2.91. The van der Waals surface area contributed by atoms with Gasteiger partial charge in [0.1, 0.15) is 12.4 Å². The van der Waals surface area contributed by atoms with Crippen molar-refractivity contribution in [1.82, 2.24) is 0 Å². The van der Waals surface area contributed by atoms with E-state index in [0.717, 1.165) is 27.3 Å². The fourth-order valence-corrected chi connectivity index (χ4v) is 3.43. The predicted octanol–water partition coefficient (Wildman–Crippen LogP) is 3.37. The molecule has 2 aromatic rings. The molecule has 0 aliphatic carbocycles. The molecule has 0 saturated carbocycles. The van der Waals surface area contributed by atoms with Gasteiger partial charge in [0.15, 0.2) is 0 Å². The van der Waals surface area contributed by atoms with Crippen LogP contribution < -0.4 is 10.5 Å². The SMILES string of the molecule is Cc1cc(Cl)cc2c1OCc1cc(C(N)=O)sc1-2. The second-order valence-electron chi connectivity index (χ2n) is 4.22. The summed E-state index contributed by atoms with van der Waals surface area (Å²) in [5.74, 6) is 0.430. The maximum Gasteiger partial charge on any atom is 0.258 e. The summed E-state index contributed by atoms with van der Waals surface area (Å²) in [6.07, 6.45) is 0. The molecule has 1 aliphatic heterocycles. The largest absolute Gasteiger partial charge is 0.488 e. The lowest BCUT2D eigenvalue weighted by atomic mass is 10.0. The van der Waals surface area contributed by atoms with Crippen molar-refractivity contribution in [1.29, 1.82) is 0 Å². The molecule has 0 saturated heterocycles. The molecule has 0 spiro atoms. The lowest BCUT2D eigenvalue weighted by Crippen LogP contribution is -2.08. The standard InChI is InChI=1S/C13H10ClNO2S/c1-6-2-8(14)4-9-11(6)17-5-7-3-10(13(15)16)18-12(7)9/h2-4H,5H2,1H3,(H2,15,16). The van der Waals surface area contributed by atoms with Gasteiger partial charge in [0.25, 0.3) is 5.91 Å². The van der Waals surface area contributed by atoms with Crippen LogP contribution in [0.1, 0.15) is 20.8 Å². The van der Waals surface area contributed by atoms with E-state index in [9.17, 15) is 4.79 Å². The summed E-state index contributed by atoms with van der Waals surface area (Å²) in [7, 11) is 0. The van der Waals surface area contributed by atoms with Gasteiger partial charge in [-0.05, 0) is 30.7 Å². The molecular weight excluding hydrogens is 270 g/mol. The summed E-state index contributed by atoms with van der Waals surface area (Å²) < 4.78 is 5.72. The van der Waals surface area contributed by atoms with Crippen LogP contribution in [0.2, 0.25) is 5.02 Å². The molecule has 2 heterocycles. The van der Waals surface area contributed by atoms with Gasteiger partial charge in [0, 0.05) is 21.0 Å². The fraction of sp³-hybridized carbons (Fsp3) is 0.154. The molecule has 0 fully saturated rings. The van der Waals surface area contributed by atoms with Crippen molar-refractivity contribution in [2.45, 2.75) is 13.5 Å². The number of primary amides is 1. The van der Waals surface area contributed by atoms with Crippen molar-refractivity contribution < 1.29 is 9.53 Å². The minimum Gasteiger partial charge on any atom is -0.488 e. The number of aryl methyl sites for hydroxylation is 1. The van der Waals surface area contributed by atoms with Crippen LogP contribution in [-0.4, -0.2) is 5.91 Å². The molecule has 3 nitrogen and oxygen atoms in total. The van der Waals surface area contributed by atoms with Crippen LogP contribution in [0.5, 0.6) is 5.75 Å². The summed E-state index contributed by atoms with van der Waals surface area (Å²) >= 11 is 7.47. The number of nitrogens with two attached hydrogens (primary N) is 1. The molecule has 0 atom stereocenters. The lowest BCUT2D eigenvalue weighted by Gasteiger charge is -2.19. The van der Waals surface area contributed by atoms with Gasteiger partial charge in [0.2, 0.25) is 0 Å². The number of ether oxygens (including phenoxy) is 1. The van der Waals surface area contributed by atoms with Crippen molar-refractivity contribution in [3.8, 4) is 16.2 Å². The lowest BCUT2D eigenvalue weighted by molar-refractivity contribution is 0.100. The van der Waals surface area contributed by atoms with Crippen molar-refractivity contribution in [2.24, 2.45) is 5.73 Å². The minimum absolute atomic E-state index is 0.408. The quantitative estimate of drug-likeness (QED) is 0.870. The van der Waals surface area contributed by atoms with Crippen LogP contribution in [0.4, 0.5) is 0 Å². The highest BCUT2D eigenvalue weighted by atomic mass is 35.5. The summed E-state index contributed by atoms with van der Waals surface area (Å²) in [6, 6.07) is 5.53. The zero-order valence-electron chi connectivity index (χ0n) is 9.62. The van der Waals surface area contributed by atoms with E-state index in [4.69, 9.17) is 22.1 Å². The van der Waals surface area contributed by atoms with Gasteiger partial charge in [-0.25, -0.2) is 0 Å². The Morgan fingerprint density at radius 3 is 2.94 bits per heavy atom. The first-order valence-corrected chi connectivity index (χ1v) is 6.61. The van der Waals surface area contributed by atoms with Gasteiger partial charge in [-0.2, -0.15) is 0 Å². The van der Waals surface area contributed by atoms with E-state index in [-0.39, 0.29) is 0 Å². The fourth-order valence-electron chi connectivity index (χ4n) is 2.13. The minimum atomic E-state index is -0.408. The zero-order valence-corrected chi connectivity index (χ0v) is 11.2. The van der Waals surface area contributed by atoms with Crippen molar-refractivity contribution in [2.75, 3.05) is 0 Å². The Labute approximate surface area is 113 Å². The number of fused-ring (bicyclic) bond motifs is 3. The highest BCUT2D eigenvalue weighted by Gasteiger charge is 2.23. The van der Waals surface area contributed by atoms with Crippen LogP contribution in [-0.2, 0) is 6.61 Å². The summed E-state index contributed by atoms with van der Waals surface area (Å²) in [5.41, 5.74) is 8.24. The predicted molar refractivity (Wildman–Crippen MR) is 72.4 cm³/mol. The number of carbonyl (C=O) groups excluding carboxylic acids is 1. The molecular formula is C13H10ClNO2S. The Morgan fingerprint density at radius 1 is 1.44 bits per heavy atom. The molecule has 18 heavy (non-hydrogen) atoms. The number of hydrogen-bond donors (Lipinski definition) is 1. The van der Waals surface area contributed by atoms with Crippen LogP contribution in [0.15, 0.2) is 18.2 Å². The molecule has 0 unspecified atom stereocenters. The van der Waals surface area contributed by atoms with Crippen LogP contribution in [0, 0.1) is 6.92 Å². The van der Waals surface area contributed by atoms with E-state index in [1.807, 2.05) is 19.1 Å². The van der Waals surface area contributed by atoms with E-state index in [1.165, 1.54) is 11.3 Å². The number of halogens is 1. The molecule has 1 aromatic carbocycles. The summed E-state index contributed by atoms with van der Waals surface area (Å²) in [5, 5.41) is 0.664. The first kappa shape index (κ1) is 11.6. The number of amides is 1. The van der Waals surface area contributed by atoms with Gasteiger partial charge < -0.3 is 10.5 Å². The first-order chi connectivity index (χ1) is 8.56. The Hall–Kier alpha value is -1.52. The third kappa shape index (κ3) is 1.69. The van der Waals surface area contributed by atoms with Gasteiger partial charge in [-0.3, -0.25) is 4.79 Å². The van der Waals surface area contributed by atoms with E-state index in [1.54, 1.807) is 6.07 Å². The molecule has 5 heteroatoms. The van der Waals surface area contributed by atoms with Gasteiger partial charge in [-0.15, -0.1) is 11.3 Å². The molecule has 0 radical (unpaired) electrons. The maximum atomic E-state index is 11.2. The van der Waals surface area contributed by atoms with Crippen LogP contribution >= 0.6 is 22.9 Å². The van der Waals surface area contributed by atoms with Crippen molar-refractivity contribution in [3.63, 3.8) is 0 Å². The molecule has 92 valence electrons. The highest BCUT2D eigenvalue weighted by Crippen LogP contribution is 2.45. The maximum absolute atomic E-state index is 11.2. The van der Waals surface area contributed by atoms with Crippen LogP contribution in [0.25, 0.3) is 10.4 Å². The average Bonchev–Trinajstić information content (AvgIpc) is 2.72. The van der Waals surface area contributed by atoms with Gasteiger partial charge >= 0.3 is 0 Å². The Bertz CT molecular complexity index is 663. The van der Waals surface area contributed by atoms with E-state index in [0.29, 0.717) is 16.5 Å². The van der Waals surface area contributed by atoms with Gasteiger partial charge in [-0.1, -0.05) is 11.6 Å². The average molecular weight is 280 g/mol. The Morgan fingerprint density at radius 2 is 2.22 bits per heavy atom. The van der Waals surface area contributed by atoms with Gasteiger partial charge in [0.05, 0.1) is 4.88 Å². The molecule has 1 aromatic heterocycles. The number of rotatable bonds is 1. The summed E-state index contributed by atoms with van der Waals surface area (Å²) in [6.45, 7) is 2.42. The molecule has 0 bridgehead atoms. The third-order valence-corrected chi connectivity index (χ3v) is 4.35. The van der Waals surface area contributed by atoms with E-state index in [2.05, 4.69) is 0 Å². The second-order valence-corrected chi connectivity index (χ2v) is 5.71. The number of benzene rings is 1. The normalized spacial score (nSPS) is 12.6. The monoisotopic (exact) mass is 279 g/mol. The number of carbonyl (C=O) groups is 1. The topological polar surface area (TPSA) is 52.3 Å². The highest BCUT2D eigenvalue weighted by molar-refractivity contribution is 7.17. The number of thiophene rings is 1. The molecule has 1 aliphatic rings. The summed E-state index contributed by atoms with van der Waals surface area (Å²) in [4.78, 5) is 12.8. The Kier molecular flexibility index (Phi) is 2.57. The van der Waals surface area contributed by atoms with E-state index < -0.39 is 5.91 Å². The van der Waals surface area contributed by atoms with Crippen molar-refractivity contribution in [3.05, 3.63) is 39.2 Å². The van der Waals surface area contributed by atoms with E-state index >= 15 is 0 Å². The first-order valence-electron chi connectivity index (χ1n) is 5.42. The van der Waals surface area contributed by atoms with Crippen molar-refractivity contribution >= 4 is 28.8 Å².